The average Bonchev–Trinajstić information content (AvgIpc) is 3.36. The van der Waals surface area contributed by atoms with Crippen molar-refractivity contribution in [2.45, 2.75) is 19.0 Å². The Bertz CT molecular complexity index is 1580. The van der Waals surface area contributed by atoms with Crippen LogP contribution in [0.25, 0.3) is 22.2 Å². The third kappa shape index (κ3) is 5.44. The van der Waals surface area contributed by atoms with Crippen molar-refractivity contribution in [2.75, 3.05) is 11.9 Å². The Morgan fingerprint density at radius 1 is 1.00 bits per heavy atom. The molecule has 0 bridgehead atoms. The van der Waals surface area contributed by atoms with E-state index in [0.29, 0.717) is 11.3 Å². The molecule has 0 saturated carbocycles. The number of pyridine rings is 1. The fraction of sp³-hybridized carbons (Fsp3) is 0.143. The van der Waals surface area contributed by atoms with E-state index in [1.165, 1.54) is 35.0 Å². The summed E-state index contributed by atoms with van der Waals surface area (Å²) >= 11 is 0. The smallest absolute Gasteiger partial charge is 0.294 e. The molecule has 5 rings (SSSR count). The van der Waals surface area contributed by atoms with Gasteiger partial charge in [-0.25, -0.2) is 4.98 Å². The number of H-pyrrole nitrogens is 1. The number of anilines is 1. The van der Waals surface area contributed by atoms with Crippen molar-refractivity contribution < 1.29 is 13.6 Å². The van der Waals surface area contributed by atoms with Crippen LogP contribution in [0.3, 0.4) is 0 Å². The van der Waals surface area contributed by atoms with Crippen LogP contribution in [0.15, 0.2) is 96.2 Å². The molecule has 1 amide bonds. The van der Waals surface area contributed by atoms with Crippen LogP contribution < -0.4 is 16.2 Å². The summed E-state index contributed by atoms with van der Waals surface area (Å²) in [5.41, 5.74) is 1.86. The number of rotatable bonds is 9. The summed E-state index contributed by atoms with van der Waals surface area (Å²) in [6.45, 7) is -0.940. The highest BCUT2D eigenvalue weighted by molar-refractivity contribution is 5.80. The fourth-order valence-electron chi connectivity index (χ4n) is 4.10. The van der Waals surface area contributed by atoms with E-state index in [1.54, 1.807) is 42.7 Å². The SMILES string of the molecule is O=C(Cn1c(-c2ccccc2)cnc(NCC(F)(F)c2ccccc2)c1=O)NCc1cc2cnccc2[nH]1. The fourth-order valence-corrected chi connectivity index (χ4v) is 4.10. The summed E-state index contributed by atoms with van der Waals surface area (Å²) < 4.78 is 30.6. The van der Waals surface area contributed by atoms with E-state index in [0.717, 1.165) is 16.6 Å². The predicted octanol–water partition coefficient (Wildman–Crippen LogP) is 4.31. The summed E-state index contributed by atoms with van der Waals surface area (Å²) in [6.07, 6.45) is 4.79. The van der Waals surface area contributed by atoms with Gasteiger partial charge in [0.1, 0.15) is 6.54 Å². The van der Waals surface area contributed by atoms with Crippen molar-refractivity contribution in [1.82, 2.24) is 24.8 Å². The molecule has 0 radical (unpaired) electrons. The number of carbonyl (C=O) groups excluding carboxylic acids is 1. The maximum Gasteiger partial charge on any atom is 0.294 e. The predicted molar refractivity (Wildman–Crippen MR) is 141 cm³/mol. The zero-order valence-electron chi connectivity index (χ0n) is 20.2. The number of carbonyl (C=O) groups is 1. The Kier molecular flexibility index (Phi) is 6.94. The molecular formula is C28H24F2N6O2. The maximum absolute atomic E-state index is 14.7. The molecule has 0 aliphatic rings. The maximum atomic E-state index is 14.7. The number of halogens is 2. The molecule has 3 N–H and O–H groups in total. The van der Waals surface area contributed by atoms with Crippen LogP contribution in [0.1, 0.15) is 11.3 Å². The number of nitrogens with one attached hydrogen (secondary N) is 3. The zero-order chi connectivity index (χ0) is 26.5. The molecule has 192 valence electrons. The van der Waals surface area contributed by atoms with E-state index in [-0.39, 0.29) is 24.5 Å². The largest absolute Gasteiger partial charge is 0.359 e. The van der Waals surface area contributed by atoms with Gasteiger partial charge in [0.2, 0.25) is 5.91 Å². The van der Waals surface area contributed by atoms with Gasteiger partial charge in [-0.1, -0.05) is 60.7 Å². The molecule has 38 heavy (non-hydrogen) atoms. The number of aromatic amines is 1. The summed E-state index contributed by atoms with van der Waals surface area (Å²) in [5, 5.41) is 6.19. The second-order valence-electron chi connectivity index (χ2n) is 8.71. The summed E-state index contributed by atoms with van der Waals surface area (Å²) in [6, 6.07) is 20.0. The van der Waals surface area contributed by atoms with Crippen molar-refractivity contribution in [1.29, 1.82) is 0 Å². The molecule has 0 fully saturated rings. The molecule has 0 unspecified atom stereocenters. The first kappa shape index (κ1) is 24.8. The lowest BCUT2D eigenvalue weighted by atomic mass is 10.1. The molecule has 3 aromatic heterocycles. The van der Waals surface area contributed by atoms with E-state index in [4.69, 9.17) is 0 Å². The molecule has 0 atom stereocenters. The second-order valence-corrected chi connectivity index (χ2v) is 8.71. The van der Waals surface area contributed by atoms with Crippen molar-refractivity contribution in [3.8, 4) is 11.3 Å². The minimum Gasteiger partial charge on any atom is -0.359 e. The highest BCUT2D eigenvalue weighted by Crippen LogP contribution is 2.27. The van der Waals surface area contributed by atoms with Crippen molar-refractivity contribution in [3.63, 3.8) is 0 Å². The Morgan fingerprint density at radius 3 is 2.47 bits per heavy atom. The first-order chi connectivity index (χ1) is 18.4. The third-order valence-corrected chi connectivity index (χ3v) is 6.05. The molecular weight excluding hydrogens is 490 g/mol. The number of aromatic nitrogens is 4. The van der Waals surface area contributed by atoms with E-state index in [1.807, 2.05) is 18.2 Å². The normalized spacial score (nSPS) is 11.4. The topological polar surface area (TPSA) is 105 Å². The first-order valence-corrected chi connectivity index (χ1v) is 11.9. The third-order valence-electron chi connectivity index (χ3n) is 6.05. The molecule has 8 nitrogen and oxygen atoms in total. The minimum absolute atomic E-state index is 0.180. The Morgan fingerprint density at radius 2 is 1.74 bits per heavy atom. The molecule has 0 saturated heterocycles. The Labute approximate surface area is 216 Å². The first-order valence-electron chi connectivity index (χ1n) is 11.9. The van der Waals surface area contributed by atoms with Gasteiger partial charge >= 0.3 is 0 Å². The lowest BCUT2D eigenvalue weighted by Gasteiger charge is -2.19. The molecule has 0 aliphatic heterocycles. The second kappa shape index (κ2) is 10.6. The lowest BCUT2D eigenvalue weighted by molar-refractivity contribution is -0.121. The number of nitrogens with zero attached hydrogens (tertiary/aromatic N) is 3. The number of hydrogen-bond acceptors (Lipinski definition) is 5. The summed E-state index contributed by atoms with van der Waals surface area (Å²) in [5.74, 6) is -3.92. The minimum atomic E-state index is -3.23. The van der Waals surface area contributed by atoms with Gasteiger partial charge in [-0.05, 0) is 17.7 Å². The van der Waals surface area contributed by atoms with Crippen LogP contribution in [0.4, 0.5) is 14.6 Å². The van der Waals surface area contributed by atoms with Gasteiger partial charge in [0.15, 0.2) is 5.82 Å². The number of amides is 1. The number of hydrogen-bond donors (Lipinski definition) is 3. The van der Waals surface area contributed by atoms with Gasteiger partial charge < -0.3 is 15.6 Å². The van der Waals surface area contributed by atoms with Crippen molar-refractivity contribution in [3.05, 3.63) is 113 Å². The number of fused-ring (bicyclic) bond motifs is 1. The average molecular weight is 515 g/mol. The number of benzene rings is 2. The molecule has 2 aromatic carbocycles. The van der Waals surface area contributed by atoms with E-state index in [2.05, 4.69) is 25.6 Å². The Hall–Kier alpha value is -4.86. The van der Waals surface area contributed by atoms with Crippen molar-refractivity contribution >= 4 is 22.6 Å². The number of alkyl halides is 2. The zero-order valence-corrected chi connectivity index (χ0v) is 20.2. The van der Waals surface area contributed by atoms with Crippen molar-refractivity contribution in [2.24, 2.45) is 0 Å². The van der Waals surface area contributed by atoms with Gasteiger partial charge in [-0.3, -0.25) is 19.1 Å². The van der Waals surface area contributed by atoms with Crippen LogP contribution in [-0.2, 0) is 23.8 Å². The monoisotopic (exact) mass is 514 g/mol. The standard InChI is InChI=1S/C28H24F2N6O2/c29-28(30,21-9-5-2-6-10-21)18-34-26-27(38)36(24(16-33-26)19-7-3-1-4-8-19)17-25(37)32-15-22-13-20-14-31-12-11-23(20)35-22/h1-14,16,35H,15,17-18H2,(H,32,37)(H,33,34). The molecule has 3 heterocycles. The van der Waals surface area contributed by atoms with Gasteiger partial charge in [-0.15, -0.1) is 0 Å². The summed E-state index contributed by atoms with van der Waals surface area (Å²) in [4.78, 5) is 37.6. The van der Waals surface area contributed by atoms with Crippen LogP contribution in [0, 0.1) is 0 Å². The van der Waals surface area contributed by atoms with Gasteiger partial charge in [0.05, 0.1) is 25.0 Å². The van der Waals surface area contributed by atoms with Gasteiger partial charge in [-0.2, -0.15) is 8.78 Å². The van der Waals surface area contributed by atoms with Crippen LogP contribution in [-0.4, -0.2) is 32.0 Å². The van der Waals surface area contributed by atoms with E-state index in [9.17, 15) is 18.4 Å². The van der Waals surface area contributed by atoms with E-state index < -0.39 is 23.9 Å². The molecule has 5 aromatic rings. The van der Waals surface area contributed by atoms with Crippen LogP contribution in [0.5, 0.6) is 0 Å². The van der Waals surface area contributed by atoms with Gasteiger partial charge in [0, 0.05) is 34.6 Å². The summed E-state index contributed by atoms with van der Waals surface area (Å²) in [7, 11) is 0. The quantitative estimate of drug-likeness (QED) is 0.272. The highest BCUT2D eigenvalue weighted by atomic mass is 19.3. The Balaban J connectivity index is 1.37. The van der Waals surface area contributed by atoms with Crippen LogP contribution >= 0.6 is 0 Å². The van der Waals surface area contributed by atoms with E-state index >= 15 is 0 Å². The lowest BCUT2D eigenvalue weighted by Crippen LogP contribution is -2.35. The highest BCUT2D eigenvalue weighted by Gasteiger charge is 2.31. The molecule has 0 spiro atoms. The van der Waals surface area contributed by atoms with Crippen LogP contribution in [0.2, 0.25) is 0 Å². The molecule has 10 heteroatoms. The van der Waals surface area contributed by atoms with Gasteiger partial charge in [0.25, 0.3) is 11.5 Å². The molecule has 0 aliphatic carbocycles.